The molecule has 1 atom stereocenters. The lowest BCUT2D eigenvalue weighted by molar-refractivity contribution is -0.143. The van der Waals surface area contributed by atoms with Gasteiger partial charge in [0.05, 0.1) is 11.1 Å². The number of hydrogen-bond acceptors (Lipinski definition) is 2. The molecule has 0 spiro atoms. The van der Waals surface area contributed by atoms with Gasteiger partial charge in [-0.1, -0.05) is 0 Å². The summed E-state index contributed by atoms with van der Waals surface area (Å²) in [4.78, 5) is -0.475. The molecule has 10 heteroatoms. The summed E-state index contributed by atoms with van der Waals surface area (Å²) >= 11 is -2.83. The second-order valence-electron chi connectivity index (χ2n) is 4.67. The second kappa shape index (κ2) is 6.17. The van der Waals surface area contributed by atoms with Gasteiger partial charge in [-0.15, -0.1) is 0 Å². The fourth-order valence-electron chi connectivity index (χ4n) is 1.94. The average Bonchev–Trinajstić information content (AvgIpc) is 2.45. The van der Waals surface area contributed by atoms with Crippen molar-refractivity contribution < 1.29 is 39.5 Å². The summed E-state index contributed by atoms with van der Waals surface area (Å²) in [7, 11) is 0. The minimum Gasteiger partial charge on any atom is -0.768 e. The standard InChI is InChI=1S/C14H7F7O2S/c15-12-2-1-10(24(22)23)6-11(12)7-3-8(13(16,17)18)5-9(4-7)14(19,20)21/h1-6H,(H,22,23)/p-1. The number of rotatable bonds is 2. The predicted molar refractivity (Wildman–Crippen MR) is 69.0 cm³/mol. The van der Waals surface area contributed by atoms with E-state index in [1.807, 2.05) is 0 Å². The molecule has 0 aliphatic heterocycles. The molecule has 0 aromatic heterocycles. The Hall–Kier alpha value is -1.94. The van der Waals surface area contributed by atoms with Gasteiger partial charge in [0.1, 0.15) is 5.82 Å². The highest BCUT2D eigenvalue weighted by Crippen LogP contribution is 2.39. The molecule has 0 heterocycles. The van der Waals surface area contributed by atoms with Crippen LogP contribution in [0, 0.1) is 5.82 Å². The third-order valence-electron chi connectivity index (χ3n) is 3.03. The quantitative estimate of drug-likeness (QED) is 0.564. The zero-order valence-corrected chi connectivity index (χ0v) is 12.2. The average molecular weight is 371 g/mol. The summed E-state index contributed by atoms with van der Waals surface area (Å²) < 4.78 is 112. The van der Waals surface area contributed by atoms with Gasteiger partial charge in [-0.2, -0.15) is 26.3 Å². The summed E-state index contributed by atoms with van der Waals surface area (Å²) in [6.07, 6.45) is -10.2. The highest BCUT2D eigenvalue weighted by Gasteiger charge is 2.37. The van der Waals surface area contributed by atoms with E-state index in [1.165, 1.54) is 0 Å². The lowest BCUT2D eigenvalue weighted by Crippen LogP contribution is -2.11. The molecule has 2 aromatic carbocycles. The molecule has 0 bridgehead atoms. The molecule has 24 heavy (non-hydrogen) atoms. The minimum absolute atomic E-state index is 0.100. The Morgan fingerprint density at radius 3 is 1.75 bits per heavy atom. The summed E-state index contributed by atoms with van der Waals surface area (Å²) in [5.41, 5.74) is -4.67. The van der Waals surface area contributed by atoms with Crippen LogP contribution in [0.2, 0.25) is 0 Å². The van der Waals surface area contributed by atoms with Crippen molar-refractivity contribution in [2.45, 2.75) is 17.2 Å². The first-order valence-electron chi connectivity index (χ1n) is 6.08. The largest absolute Gasteiger partial charge is 0.768 e. The maximum Gasteiger partial charge on any atom is 0.416 e. The van der Waals surface area contributed by atoms with Crippen LogP contribution in [0.3, 0.4) is 0 Å². The molecule has 2 nitrogen and oxygen atoms in total. The van der Waals surface area contributed by atoms with Gasteiger partial charge in [-0.25, -0.2) is 4.39 Å². The van der Waals surface area contributed by atoms with E-state index < -0.39 is 56.4 Å². The van der Waals surface area contributed by atoms with E-state index in [2.05, 4.69) is 0 Å². The van der Waals surface area contributed by atoms with Crippen LogP contribution in [0.1, 0.15) is 11.1 Å². The van der Waals surface area contributed by atoms with E-state index >= 15 is 0 Å². The van der Waals surface area contributed by atoms with E-state index in [4.69, 9.17) is 0 Å². The Kier molecular flexibility index (Phi) is 4.73. The van der Waals surface area contributed by atoms with Crippen LogP contribution in [-0.2, 0) is 23.4 Å². The molecule has 2 rings (SSSR count). The fourth-order valence-corrected chi connectivity index (χ4v) is 2.33. The van der Waals surface area contributed by atoms with Gasteiger partial charge >= 0.3 is 12.4 Å². The first kappa shape index (κ1) is 18.4. The third kappa shape index (κ3) is 3.93. The molecule has 0 aliphatic carbocycles. The molecule has 0 aliphatic rings. The highest BCUT2D eigenvalue weighted by atomic mass is 32.2. The van der Waals surface area contributed by atoms with Gasteiger partial charge in [0.2, 0.25) is 0 Å². The van der Waals surface area contributed by atoms with Crippen molar-refractivity contribution in [3.05, 3.63) is 53.3 Å². The number of hydrogen-bond donors (Lipinski definition) is 0. The lowest BCUT2D eigenvalue weighted by atomic mass is 9.99. The van der Waals surface area contributed by atoms with Gasteiger partial charge in [0.15, 0.2) is 0 Å². The molecule has 0 saturated heterocycles. The maximum atomic E-state index is 13.8. The van der Waals surface area contributed by atoms with Crippen LogP contribution in [-0.4, -0.2) is 8.76 Å². The minimum atomic E-state index is -5.09. The molecule has 2 aromatic rings. The Labute approximate surface area is 133 Å². The fraction of sp³-hybridized carbons (Fsp3) is 0.143. The van der Waals surface area contributed by atoms with Gasteiger partial charge in [-0.3, -0.25) is 4.21 Å². The van der Waals surface area contributed by atoms with E-state index in [0.717, 1.165) is 6.07 Å². The number of alkyl halides is 6. The van der Waals surface area contributed by atoms with E-state index in [9.17, 15) is 39.5 Å². The molecular weight excluding hydrogens is 365 g/mol. The molecule has 1 unspecified atom stereocenters. The summed E-state index contributed by atoms with van der Waals surface area (Å²) in [6.45, 7) is 0. The Morgan fingerprint density at radius 2 is 1.33 bits per heavy atom. The Balaban J connectivity index is 2.75. The molecule has 0 N–H and O–H groups in total. The zero-order valence-electron chi connectivity index (χ0n) is 11.3. The molecule has 0 fully saturated rings. The Bertz CT molecular complexity index is 764. The van der Waals surface area contributed by atoms with E-state index in [-0.39, 0.29) is 6.07 Å². The Morgan fingerprint density at radius 1 is 0.833 bits per heavy atom. The molecule has 0 amide bonds. The first-order valence-corrected chi connectivity index (χ1v) is 7.16. The van der Waals surface area contributed by atoms with Gasteiger partial charge in [0, 0.05) is 10.5 Å². The van der Waals surface area contributed by atoms with Crippen molar-refractivity contribution in [3.63, 3.8) is 0 Å². The van der Waals surface area contributed by atoms with E-state index in [1.54, 1.807) is 0 Å². The van der Waals surface area contributed by atoms with Crippen LogP contribution >= 0.6 is 0 Å². The molecular formula is C14H6F7O2S-. The third-order valence-corrected chi connectivity index (χ3v) is 3.67. The monoisotopic (exact) mass is 371 g/mol. The summed E-state index contributed by atoms with van der Waals surface area (Å²) in [6, 6.07) is 2.69. The lowest BCUT2D eigenvalue weighted by Gasteiger charge is -2.15. The topological polar surface area (TPSA) is 40.1 Å². The molecule has 0 saturated carbocycles. The normalized spacial score (nSPS) is 13.8. The summed E-state index contributed by atoms with van der Waals surface area (Å²) in [5, 5.41) is 0. The SMILES string of the molecule is O=S([O-])c1ccc(F)c(-c2cc(C(F)(F)F)cc(C(F)(F)F)c2)c1. The maximum absolute atomic E-state index is 13.8. The number of benzene rings is 2. The predicted octanol–water partition coefficient (Wildman–Crippen LogP) is 4.77. The van der Waals surface area contributed by atoms with Gasteiger partial charge in [0.25, 0.3) is 0 Å². The van der Waals surface area contributed by atoms with Crippen molar-refractivity contribution in [3.8, 4) is 11.1 Å². The van der Waals surface area contributed by atoms with Crippen molar-refractivity contribution in [2.75, 3.05) is 0 Å². The van der Waals surface area contributed by atoms with Crippen molar-refractivity contribution in [2.24, 2.45) is 0 Å². The number of halogens is 7. The smallest absolute Gasteiger partial charge is 0.416 e. The van der Waals surface area contributed by atoms with Crippen LogP contribution < -0.4 is 0 Å². The zero-order chi connectivity index (χ0) is 18.3. The highest BCUT2D eigenvalue weighted by molar-refractivity contribution is 7.79. The molecule has 0 radical (unpaired) electrons. The van der Waals surface area contributed by atoms with E-state index in [0.29, 0.717) is 24.3 Å². The van der Waals surface area contributed by atoms with Gasteiger partial charge < -0.3 is 4.55 Å². The first-order chi connectivity index (χ1) is 10.9. The summed E-state index contributed by atoms with van der Waals surface area (Å²) in [5.74, 6) is -1.16. The second-order valence-corrected chi connectivity index (χ2v) is 5.61. The van der Waals surface area contributed by atoms with Crippen LogP contribution in [0.15, 0.2) is 41.3 Å². The van der Waals surface area contributed by atoms with Crippen molar-refractivity contribution in [1.29, 1.82) is 0 Å². The van der Waals surface area contributed by atoms with Crippen LogP contribution in [0.5, 0.6) is 0 Å². The van der Waals surface area contributed by atoms with Gasteiger partial charge in [-0.05, 0) is 53.0 Å². The van der Waals surface area contributed by atoms with Crippen molar-refractivity contribution >= 4 is 11.1 Å². The van der Waals surface area contributed by atoms with Crippen LogP contribution in [0.4, 0.5) is 30.7 Å². The van der Waals surface area contributed by atoms with Crippen LogP contribution in [0.25, 0.3) is 11.1 Å². The molecule has 130 valence electrons. The van der Waals surface area contributed by atoms with Crippen molar-refractivity contribution in [1.82, 2.24) is 0 Å².